The zero-order chi connectivity index (χ0) is 25.5. The van der Waals surface area contributed by atoms with Crippen LogP contribution in [-0.2, 0) is 9.59 Å². The first-order valence-corrected chi connectivity index (χ1v) is 11.8. The van der Waals surface area contributed by atoms with E-state index in [0.717, 1.165) is 19.5 Å². The van der Waals surface area contributed by atoms with Gasteiger partial charge < -0.3 is 19.6 Å². The summed E-state index contributed by atoms with van der Waals surface area (Å²) in [5, 5.41) is 22.6. The van der Waals surface area contributed by atoms with Crippen LogP contribution in [0.5, 0.6) is 5.75 Å². The van der Waals surface area contributed by atoms with E-state index in [0.29, 0.717) is 30.0 Å². The molecule has 2 aromatic rings. The Bertz CT molecular complexity index is 1130. The van der Waals surface area contributed by atoms with E-state index >= 15 is 0 Å². The van der Waals surface area contributed by atoms with E-state index in [2.05, 4.69) is 4.90 Å². The number of likely N-dealkylation sites (tertiary alicyclic amines) is 1. The van der Waals surface area contributed by atoms with Crippen LogP contribution in [0.4, 0.5) is 5.69 Å². The van der Waals surface area contributed by atoms with Crippen molar-refractivity contribution in [3.05, 3.63) is 75.3 Å². The maximum Gasteiger partial charge on any atom is 0.295 e. The highest BCUT2D eigenvalue weighted by Crippen LogP contribution is 2.40. The fourth-order valence-electron chi connectivity index (χ4n) is 4.16. The lowest BCUT2D eigenvalue weighted by molar-refractivity contribution is -0.384. The minimum Gasteiger partial charge on any atom is -0.507 e. The number of benzene rings is 2. The normalized spacial score (nSPS) is 17.3. The van der Waals surface area contributed by atoms with Crippen LogP contribution in [0.25, 0.3) is 5.76 Å². The molecule has 1 amide bonds. The number of rotatable bonds is 11. The number of carbonyl (C=O) groups excluding carboxylic acids is 2. The van der Waals surface area contributed by atoms with Gasteiger partial charge in [-0.05, 0) is 37.2 Å². The molecule has 0 aliphatic carbocycles. The van der Waals surface area contributed by atoms with Gasteiger partial charge in [0, 0.05) is 30.8 Å². The number of hydrogen-bond acceptors (Lipinski definition) is 7. The molecule has 2 aromatic carbocycles. The molecular weight excluding hydrogens is 450 g/mol. The standard InChI is InChI=1S/C26H31N3O6/c1-4-15-35-21-12-8-10-19(17-21)24(30)22-23(18-9-7-11-20(16-18)29(33)34)28(26(32)25(22)31)14-13-27(5-2)6-3/h7-12,16-17,23,30H,4-6,13-15H2,1-3H3. The molecule has 0 bridgehead atoms. The number of nitrogens with zero attached hydrogens (tertiary/aromatic N) is 3. The first kappa shape index (κ1) is 25.9. The monoisotopic (exact) mass is 481 g/mol. The minimum atomic E-state index is -0.953. The van der Waals surface area contributed by atoms with Gasteiger partial charge in [0.15, 0.2) is 0 Å². The van der Waals surface area contributed by atoms with Gasteiger partial charge in [0.25, 0.3) is 17.4 Å². The Morgan fingerprint density at radius 3 is 2.49 bits per heavy atom. The van der Waals surface area contributed by atoms with Crippen molar-refractivity contribution in [2.45, 2.75) is 33.2 Å². The van der Waals surface area contributed by atoms with Gasteiger partial charge in [0.05, 0.1) is 23.1 Å². The quantitative estimate of drug-likeness (QED) is 0.169. The summed E-state index contributed by atoms with van der Waals surface area (Å²) >= 11 is 0. The summed E-state index contributed by atoms with van der Waals surface area (Å²) in [7, 11) is 0. The van der Waals surface area contributed by atoms with E-state index in [9.17, 15) is 24.8 Å². The number of Topliss-reactive ketones (excluding diaryl/α,β-unsaturated/α-hetero) is 1. The van der Waals surface area contributed by atoms with Crippen molar-refractivity contribution >= 4 is 23.1 Å². The van der Waals surface area contributed by atoms with E-state index < -0.39 is 22.7 Å². The van der Waals surface area contributed by atoms with Crippen LogP contribution in [0.3, 0.4) is 0 Å². The molecule has 1 aliphatic heterocycles. The van der Waals surface area contributed by atoms with Crippen LogP contribution in [0.1, 0.15) is 44.4 Å². The Labute approximate surface area is 204 Å². The predicted molar refractivity (Wildman–Crippen MR) is 132 cm³/mol. The second-order valence-electron chi connectivity index (χ2n) is 8.25. The molecule has 9 nitrogen and oxygen atoms in total. The first-order valence-electron chi connectivity index (χ1n) is 11.8. The number of hydrogen-bond donors (Lipinski definition) is 1. The molecule has 1 unspecified atom stereocenters. The lowest BCUT2D eigenvalue weighted by Gasteiger charge is -2.28. The van der Waals surface area contributed by atoms with Crippen molar-refractivity contribution < 1.29 is 24.4 Å². The largest absolute Gasteiger partial charge is 0.507 e. The first-order chi connectivity index (χ1) is 16.8. The zero-order valence-corrected chi connectivity index (χ0v) is 20.3. The Morgan fingerprint density at radius 1 is 1.11 bits per heavy atom. The number of aliphatic hydroxyl groups is 1. The molecule has 9 heteroatoms. The maximum absolute atomic E-state index is 13.2. The Balaban J connectivity index is 2.12. The van der Waals surface area contributed by atoms with Crippen molar-refractivity contribution in [3.8, 4) is 5.75 Å². The van der Waals surface area contributed by atoms with E-state index in [1.807, 2.05) is 20.8 Å². The molecule has 0 saturated carbocycles. The summed E-state index contributed by atoms with van der Waals surface area (Å²) in [6.07, 6.45) is 0.806. The zero-order valence-electron chi connectivity index (χ0n) is 20.3. The predicted octanol–water partition coefficient (Wildman–Crippen LogP) is 4.15. The highest BCUT2D eigenvalue weighted by Gasteiger charge is 2.46. The molecule has 1 N–H and O–H groups in total. The lowest BCUT2D eigenvalue weighted by Crippen LogP contribution is -2.38. The number of ether oxygens (including phenoxy) is 1. The second kappa shape index (κ2) is 11.6. The summed E-state index contributed by atoms with van der Waals surface area (Å²) in [6.45, 7) is 8.77. The molecule has 1 saturated heterocycles. The van der Waals surface area contributed by atoms with Crippen molar-refractivity contribution in [1.29, 1.82) is 0 Å². The maximum atomic E-state index is 13.2. The van der Waals surface area contributed by atoms with E-state index in [-0.39, 0.29) is 23.6 Å². The summed E-state index contributed by atoms with van der Waals surface area (Å²) in [4.78, 5) is 40.7. The number of non-ortho nitro benzene ring substituents is 1. The van der Waals surface area contributed by atoms with Gasteiger partial charge in [-0.1, -0.05) is 45.0 Å². The molecule has 1 fully saturated rings. The summed E-state index contributed by atoms with van der Waals surface area (Å²) in [6, 6.07) is 11.5. The number of likely N-dealkylation sites (N-methyl/N-ethyl adjacent to an activating group) is 1. The molecule has 1 aliphatic rings. The molecule has 1 atom stereocenters. The van der Waals surface area contributed by atoms with Gasteiger partial charge in [-0.15, -0.1) is 0 Å². The smallest absolute Gasteiger partial charge is 0.295 e. The number of nitro benzene ring substituents is 1. The molecule has 3 rings (SSSR count). The highest BCUT2D eigenvalue weighted by atomic mass is 16.6. The van der Waals surface area contributed by atoms with Gasteiger partial charge in [-0.3, -0.25) is 19.7 Å². The van der Waals surface area contributed by atoms with Crippen molar-refractivity contribution in [2.24, 2.45) is 0 Å². The third-order valence-corrected chi connectivity index (χ3v) is 6.07. The van der Waals surface area contributed by atoms with E-state index in [1.54, 1.807) is 30.3 Å². The van der Waals surface area contributed by atoms with Crippen molar-refractivity contribution in [1.82, 2.24) is 9.80 Å². The second-order valence-corrected chi connectivity index (χ2v) is 8.25. The van der Waals surface area contributed by atoms with Crippen LogP contribution in [0, 0.1) is 10.1 Å². The molecule has 0 aromatic heterocycles. The summed E-state index contributed by atoms with van der Waals surface area (Å²) < 4.78 is 5.64. The fraction of sp³-hybridized carbons (Fsp3) is 0.385. The van der Waals surface area contributed by atoms with E-state index in [4.69, 9.17) is 4.74 Å². The van der Waals surface area contributed by atoms with Crippen LogP contribution in [-0.4, -0.2) is 64.3 Å². The van der Waals surface area contributed by atoms with Gasteiger partial charge in [-0.25, -0.2) is 0 Å². The number of aliphatic hydroxyl groups excluding tert-OH is 1. The summed E-state index contributed by atoms with van der Waals surface area (Å²) in [5.41, 5.74) is 0.461. The van der Waals surface area contributed by atoms with Crippen LogP contribution >= 0.6 is 0 Å². The topological polar surface area (TPSA) is 113 Å². The van der Waals surface area contributed by atoms with Crippen molar-refractivity contribution in [3.63, 3.8) is 0 Å². The van der Waals surface area contributed by atoms with Gasteiger partial charge >= 0.3 is 0 Å². The fourth-order valence-corrected chi connectivity index (χ4v) is 4.16. The van der Waals surface area contributed by atoms with Crippen LogP contribution in [0.15, 0.2) is 54.1 Å². The molecule has 0 spiro atoms. The lowest BCUT2D eigenvalue weighted by atomic mass is 9.95. The number of carbonyl (C=O) groups is 2. The Hall–Kier alpha value is -3.72. The Morgan fingerprint density at radius 2 is 1.83 bits per heavy atom. The summed E-state index contributed by atoms with van der Waals surface area (Å²) in [5.74, 6) is -1.38. The van der Waals surface area contributed by atoms with E-state index in [1.165, 1.54) is 23.1 Å². The van der Waals surface area contributed by atoms with Gasteiger partial charge in [0.2, 0.25) is 0 Å². The Kier molecular flexibility index (Phi) is 8.59. The van der Waals surface area contributed by atoms with Gasteiger partial charge in [0.1, 0.15) is 11.5 Å². The number of ketones is 1. The SMILES string of the molecule is CCCOc1cccc(C(O)=C2C(=O)C(=O)N(CCN(CC)CC)C2c2cccc([N+](=O)[O-])c2)c1. The van der Waals surface area contributed by atoms with Crippen molar-refractivity contribution in [2.75, 3.05) is 32.8 Å². The average molecular weight is 482 g/mol. The van der Waals surface area contributed by atoms with Crippen LogP contribution < -0.4 is 4.74 Å². The molecule has 1 heterocycles. The number of nitro groups is 1. The molecule has 186 valence electrons. The third-order valence-electron chi connectivity index (χ3n) is 6.07. The number of amides is 1. The third kappa shape index (κ3) is 5.68. The molecule has 35 heavy (non-hydrogen) atoms. The van der Waals surface area contributed by atoms with Gasteiger partial charge in [-0.2, -0.15) is 0 Å². The highest BCUT2D eigenvalue weighted by molar-refractivity contribution is 6.46. The molecule has 0 radical (unpaired) electrons. The minimum absolute atomic E-state index is 0.0947. The average Bonchev–Trinajstić information content (AvgIpc) is 3.12. The van der Waals surface area contributed by atoms with Crippen LogP contribution in [0.2, 0.25) is 0 Å². The molecular formula is C26H31N3O6.